The molecule has 0 aliphatic heterocycles. The molecule has 0 aliphatic carbocycles. The Kier molecular flexibility index (Phi) is 3.50. The molecule has 2 rings (SSSR count). The van der Waals surface area contributed by atoms with Crippen molar-refractivity contribution in [3.8, 4) is 0 Å². The monoisotopic (exact) mass is 260 g/mol. The number of hydrogen-bond acceptors (Lipinski definition) is 4. The summed E-state index contributed by atoms with van der Waals surface area (Å²) in [5.41, 5.74) is 0.478. The Bertz CT molecular complexity index is 616. The third kappa shape index (κ3) is 2.73. The maximum Gasteiger partial charge on any atom is 0.208 e. The number of nitrogens with zero attached hydrogens (tertiary/aromatic N) is 4. The van der Waals surface area contributed by atoms with Gasteiger partial charge in [0.05, 0.1) is 11.6 Å². The van der Waals surface area contributed by atoms with E-state index >= 15 is 0 Å². The van der Waals surface area contributed by atoms with Gasteiger partial charge in [-0.05, 0) is 43.3 Å². The molecule has 0 spiro atoms. The maximum atomic E-state index is 12.8. The Labute approximate surface area is 109 Å². The predicted octanol–water partition coefficient (Wildman–Crippen LogP) is 2.29. The zero-order valence-electron chi connectivity index (χ0n) is 10.7. The van der Waals surface area contributed by atoms with Crippen molar-refractivity contribution >= 4 is 11.4 Å². The highest BCUT2D eigenvalue weighted by molar-refractivity contribution is 6.27. The van der Waals surface area contributed by atoms with E-state index in [-0.39, 0.29) is 23.2 Å². The summed E-state index contributed by atoms with van der Waals surface area (Å²) in [6.07, 6.45) is 0. The van der Waals surface area contributed by atoms with Crippen LogP contribution in [0.2, 0.25) is 0 Å². The third-order valence-corrected chi connectivity index (χ3v) is 2.54. The molecule has 0 fully saturated rings. The maximum absolute atomic E-state index is 12.8. The van der Waals surface area contributed by atoms with Gasteiger partial charge >= 0.3 is 0 Å². The fourth-order valence-electron chi connectivity index (χ4n) is 1.44. The van der Waals surface area contributed by atoms with Gasteiger partial charge < -0.3 is 0 Å². The molecular weight excluding hydrogens is 247 g/mol. The van der Waals surface area contributed by atoms with Crippen LogP contribution >= 0.6 is 0 Å². The van der Waals surface area contributed by atoms with Gasteiger partial charge in [0.15, 0.2) is 5.78 Å². The number of ketones is 1. The Hall–Kier alpha value is -2.37. The van der Waals surface area contributed by atoms with Gasteiger partial charge in [0.2, 0.25) is 5.82 Å². The highest BCUT2D eigenvalue weighted by Crippen LogP contribution is 2.15. The number of hydrogen-bond donors (Lipinski definition) is 0. The van der Waals surface area contributed by atoms with Crippen LogP contribution < -0.4 is 0 Å². The van der Waals surface area contributed by atoms with Gasteiger partial charge in [-0.1, -0.05) is 6.58 Å². The van der Waals surface area contributed by atoms with Gasteiger partial charge in [0.1, 0.15) is 5.82 Å². The number of rotatable bonds is 4. The molecule has 19 heavy (non-hydrogen) atoms. The van der Waals surface area contributed by atoms with E-state index in [2.05, 4.69) is 22.0 Å². The molecule has 5 nitrogen and oxygen atoms in total. The fraction of sp³-hybridized carbons (Fsp3) is 0.231. The number of halogens is 1. The number of carbonyl (C=O) groups excluding carboxylic acids is 1. The number of carbonyl (C=O) groups is 1. The molecule has 1 aromatic carbocycles. The first-order chi connectivity index (χ1) is 8.99. The van der Waals surface area contributed by atoms with E-state index in [0.29, 0.717) is 5.56 Å². The molecule has 0 unspecified atom stereocenters. The molecular formula is C13H13FN4O. The first-order valence-corrected chi connectivity index (χ1v) is 5.78. The first-order valence-electron chi connectivity index (χ1n) is 5.78. The summed E-state index contributed by atoms with van der Waals surface area (Å²) in [6.45, 7) is 7.47. The van der Waals surface area contributed by atoms with Crippen LogP contribution in [0.15, 0.2) is 30.8 Å². The quantitative estimate of drug-likeness (QED) is 0.625. The Balaban J connectivity index is 2.23. The SMILES string of the molecule is C=C(C(=O)c1ccc(F)cc1)c1nnn(C(C)C)n1. The number of benzene rings is 1. The average molecular weight is 260 g/mol. The molecule has 1 aromatic heterocycles. The average Bonchev–Trinajstić information content (AvgIpc) is 2.87. The van der Waals surface area contributed by atoms with Gasteiger partial charge in [0, 0.05) is 5.56 Å². The molecule has 0 amide bonds. The van der Waals surface area contributed by atoms with Gasteiger partial charge in [-0.2, -0.15) is 4.80 Å². The standard InChI is InChI=1S/C13H13FN4O/c1-8(2)18-16-13(15-17-18)9(3)12(19)10-4-6-11(14)7-5-10/h4-8H,3H2,1-2H3. The normalized spacial score (nSPS) is 10.7. The summed E-state index contributed by atoms with van der Waals surface area (Å²) < 4.78 is 12.8. The van der Waals surface area contributed by atoms with Crippen LogP contribution in [0.4, 0.5) is 4.39 Å². The Morgan fingerprint density at radius 2 is 1.95 bits per heavy atom. The van der Waals surface area contributed by atoms with Crippen molar-refractivity contribution in [2.75, 3.05) is 0 Å². The second-order valence-electron chi connectivity index (χ2n) is 4.34. The van der Waals surface area contributed by atoms with Crippen molar-refractivity contribution in [2.45, 2.75) is 19.9 Å². The Morgan fingerprint density at radius 1 is 1.32 bits per heavy atom. The van der Waals surface area contributed by atoms with Crippen LogP contribution in [-0.2, 0) is 0 Å². The molecule has 6 heteroatoms. The van der Waals surface area contributed by atoms with Crippen molar-refractivity contribution in [3.05, 3.63) is 48.0 Å². The second-order valence-corrected chi connectivity index (χ2v) is 4.34. The van der Waals surface area contributed by atoms with Crippen molar-refractivity contribution < 1.29 is 9.18 Å². The molecule has 1 heterocycles. The molecule has 0 radical (unpaired) electrons. The number of aromatic nitrogens is 4. The highest BCUT2D eigenvalue weighted by atomic mass is 19.1. The smallest absolute Gasteiger partial charge is 0.208 e. The number of Topliss-reactive ketones (excluding diaryl/α,β-unsaturated/α-hetero) is 1. The van der Waals surface area contributed by atoms with Gasteiger partial charge in [0.25, 0.3) is 0 Å². The molecule has 0 aliphatic rings. The van der Waals surface area contributed by atoms with Crippen molar-refractivity contribution in [1.29, 1.82) is 0 Å². The summed E-state index contributed by atoms with van der Waals surface area (Å²) >= 11 is 0. The lowest BCUT2D eigenvalue weighted by molar-refractivity contribution is 0.105. The number of allylic oxidation sites excluding steroid dienone is 1. The third-order valence-electron chi connectivity index (χ3n) is 2.54. The topological polar surface area (TPSA) is 60.7 Å². The summed E-state index contributed by atoms with van der Waals surface area (Å²) in [5, 5.41) is 11.7. The molecule has 0 bridgehead atoms. The minimum atomic E-state index is -0.397. The van der Waals surface area contributed by atoms with Crippen molar-refractivity contribution in [2.24, 2.45) is 0 Å². The van der Waals surface area contributed by atoms with Crippen molar-refractivity contribution in [1.82, 2.24) is 20.2 Å². The highest BCUT2D eigenvalue weighted by Gasteiger charge is 2.17. The summed E-state index contributed by atoms with van der Waals surface area (Å²) in [7, 11) is 0. The molecule has 0 saturated carbocycles. The van der Waals surface area contributed by atoms with E-state index in [1.54, 1.807) is 0 Å². The molecule has 0 atom stereocenters. The lowest BCUT2D eigenvalue weighted by Gasteiger charge is -2.01. The lowest BCUT2D eigenvalue weighted by Crippen LogP contribution is -2.06. The summed E-state index contributed by atoms with van der Waals surface area (Å²) in [6, 6.07) is 5.29. The van der Waals surface area contributed by atoms with E-state index in [4.69, 9.17) is 0 Å². The van der Waals surface area contributed by atoms with Gasteiger partial charge in [-0.15, -0.1) is 10.2 Å². The van der Waals surface area contributed by atoms with Crippen LogP contribution in [0.3, 0.4) is 0 Å². The largest absolute Gasteiger partial charge is 0.288 e. The van der Waals surface area contributed by atoms with E-state index < -0.39 is 5.82 Å². The molecule has 98 valence electrons. The Morgan fingerprint density at radius 3 is 2.47 bits per heavy atom. The van der Waals surface area contributed by atoms with Crippen LogP contribution in [0.1, 0.15) is 36.1 Å². The van der Waals surface area contributed by atoms with E-state index in [0.717, 1.165) is 0 Å². The van der Waals surface area contributed by atoms with E-state index in [9.17, 15) is 9.18 Å². The minimum Gasteiger partial charge on any atom is -0.288 e. The van der Waals surface area contributed by atoms with Gasteiger partial charge in [-0.3, -0.25) is 4.79 Å². The van der Waals surface area contributed by atoms with Gasteiger partial charge in [-0.25, -0.2) is 4.39 Å². The van der Waals surface area contributed by atoms with Crippen LogP contribution in [0.25, 0.3) is 5.57 Å². The predicted molar refractivity (Wildman–Crippen MR) is 68.0 cm³/mol. The summed E-state index contributed by atoms with van der Waals surface area (Å²) in [4.78, 5) is 13.5. The van der Waals surface area contributed by atoms with Crippen LogP contribution in [0, 0.1) is 5.82 Å². The number of tetrazole rings is 1. The lowest BCUT2D eigenvalue weighted by atomic mass is 10.0. The molecule has 0 saturated heterocycles. The van der Waals surface area contributed by atoms with Crippen molar-refractivity contribution in [3.63, 3.8) is 0 Å². The van der Waals surface area contributed by atoms with Crippen LogP contribution in [0.5, 0.6) is 0 Å². The van der Waals surface area contributed by atoms with E-state index in [1.807, 2.05) is 13.8 Å². The molecule has 0 N–H and O–H groups in total. The minimum absolute atomic E-state index is 0.0509. The first kappa shape index (κ1) is 13.1. The second kappa shape index (κ2) is 5.09. The zero-order valence-corrected chi connectivity index (χ0v) is 10.7. The summed E-state index contributed by atoms with van der Waals surface area (Å²) in [5.74, 6) is -0.558. The fourth-order valence-corrected chi connectivity index (χ4v) is 1.44. The van der Waals surface area contributed by atoms with E-state index in [1.165, 1.54) is 29.1 Å². The zero-order chi connectivity index (χ0) is 14.0. The molecule has 2 aromatic rings. The van der Waals surface area contributed by atoms with Crippen LogP contribution in [-0.4, -0.2) is 26.0 Å².